The Balaban J connectivity index is 1.34. The summed E-state index contributed by atoms with van der Waals surface area (Å²) < 4.78 is 7.08. The molecular formula is C27H29N3O2S. The van der Waals surface area contributed by atoms with Crippen LogP contribution in [-0.2, 0) is 32.4 Å². The third-order valence-corrected chi connectivity index (χ3v) is 7.85. The summed E-state index contributed by atoms with van der Waals surface area (Å²) in [6, 6.07) is 19.1. The predicted molar refractivity (Wildman–Crippen MR) is 134 cm³/mol. The predicted octanol–water partition coefficient (Wildman–Crippen LogP) is 4.70. The lowest BCUT2D eigenvalue weighted by molar-refractivity contribution is 0.215. The molecule has 33 heavy (non-hydrogen) atoms. The van der Waals surface area contributed by atoms with Crippen LogP contribution in [0.4, 0.5) is 0 Å². The van der Waals surface area contributed by atoms with Crippen molar-refractivity contribution in [2.24, 2.45) is 0 Å². The average Bonchev–Trinajstić information content (AvgIpc) is 3.23. The smallest absolute Gasteiger partial charge is 0.262 e. The molecule has 170 valence electrons. The number of rotatable bonds is 7. The fraction of sp³-hybridized carbons (Fsp3) is 0.333. The summed E-state index contributed by atoms with van der Waals surface area (Å²) in [5.74, 6) is 0.840. The zero-order chi connectivity index (χ0) is 22.8. The van der Waals surface area contributed by atoms with Crippen molar-refractivity contribution < 1.29 is 4.74 Å². The van der Waals surface area contributed by atoms with Gasteiger partial charge >= 0.3 is 0 Å². The van der Waals surface area contributed by atoms with Gasteiger partial charge in [-0.15, -0.1) is 11.3 Å². The van der Waals surface area contributed by atoms with E-state index in [1.54, 1.807) is 29.3 Å². The van der Waals surface area contributed by atoms with E-state index >= 15 is 0 Å². The Morgan fingerprint density at radius 3 is 2.79 bits per heavy atom. The van der Waals surface area contributed by atoms with Gasteiger partial charge in [0.1, 0.15) is 10.6 Å². The Kier molecular flexibility index (Phi) is 6.29. The molecule has 1 atom stereocenters. The van der Waals surface area contributed by atoms with Crippen molar-refractivity contribution in [1.29, 1.82) is 0 Å². The van der Waals surface area contributed by atoms with Gasteiger partial charge in [-0.2, -0.15) is 0 Å². The molecule has 4 aromatic rings. The van der Waals surface area contributed by atoms with Crippen molar-refractivity contribution in [3.63, 3.8) is 0 Å². The lowest BCUT2D eigenvalue weighted by Crippen LogP contribution is -2.35. The second-order valence-electron chi connectivity index (χ2n) is 8.83. The minimum atomic E-state index is 0.0940. The number of hydrogen-bond donors (Lipinski definition) is 0. The van der Waals surface area contributed by atoms with Crippen LogP contribution in [0.3, 0.4) is 0 Å². The van der Waals surface area contributed by atoms with Crippen molar-refractivity contribution in [2.45, 2.75) is 44.8 Å². The molecule has 0 saturated heterocycles. The van der Waals surface area contributed by atoms with E-state index in [0.717, 1.165) is 53.8 Å². The van der Waals surface area contributed by atoms with Crippen LogP contribution in [-0.4, -0.2) is 34.7 Å². The van der Waals surface area contributed by atoms with Crippen molar-refractivity contribution in [1.82, 2.24) is 14.5 Å². The summed E-state index contributed by atoms with van der Waals surface area (Å²) in [5, 5.41) is 0.840. The topological polar surface area (TPSA) is 47.4 Å². The molecule has 0 radical (unpaired) electrons. The van der Waals surface area contributed by atoms with Gasteiger partial charge in [-0.25, -0.2) is 4.98 Å². The van der Waals surface area contributed by atoms with Crippen molar-refractivity contribution in [3.05, 3.63) is 92.8 Å². The number of aromatic nitrogens is 2. The first-order valence-electron chi connectivity index (χ1n) is 11.5. The molecule has 0 bridgehead atoms. The van der Waals surface area contributed by atoms with Gasteiger partial charge in [0.05, 0.1) is 18.8 Å². The Bertz CT molecular complexity index is 1310. The van der Waals surface area contributed by atoms with Crippen LogP contribution in [0.25, 0.3) is 10.2 Å². The second kappa shape index (κ2) is 9.49. The average molecular weight is 460 g/mol. The van der Waals surface area contributed by atoms with E-state index < -0.39 is 0 Å². The zero-order valence-electron chi connectivity index (χ0n) is 19.2. The van der Waals surface area contributed by atoms with Crippen molar-refractivity contribution in [3.8, 4) is 5.75 Å². The van der Waals surface area contributed by atoms with E-state index in [1.807, 2.05) is 18.2 Å². The largest absolute Gasteiger partial charge is 0.497 e. The number of benzene rings is 2. The van der Waals surface area contributed by atoms with Crippen LogP contribution < -0.4 is 10.3 Å². The quantitative estimate of drug-likeness (QED) is 0.402. The van der Waals surface area contributed by atoms with E-state index in [2.05, 4.69) is 53.3 Å². The Labute approximate surface area is 198 Å². The Morgan fingerprint density at radius 2 is 1.97 bits per heavy atom. The highest BCUT2D eigenvalue weighted by Gasteiger charge is 2.27. The van der Waals surface area contributed by atoms with Crippen LogP contribution >= 0.6 is 11.3 Å². The molecular weight excluding hydrogens is 430 g/mol. The molecule has 0 amide bonds. The molecule has 0 spiro atoms. The molecule has 0 N–H and O–H groups in total. The van der Waals surface area contributed by atoms with Gasteiger partial charge in [-0.3, -0.25) is 14.3 Å². The number of ether oxygens (including phenoxy) is 1. The number of likely N-dealkylation sites (N-methyl/N-ethyl adjacent to an activating group) is 1. The molecule has 2 aromatic heterocycles. The molecule has 2 aromatic carbocycles. The maximum absolute atomic E-state index is 13.4. The maximum atomic E-state index is 13.4. The maximum Gasteiger partial charge on any atom is 0.262 e. The van der Waals surface area contributed by atoms with Gasteiger partial charge in [0.25, 0.3) is 5.56 Å². The molecule has 0 unspecified atom stereocenters. The molecule has 6 heteroatoms. The number of hydrogen-bond acceptors (Lipinski definition) is 5. The van der Waals surface area contributed by atoms with E-state index in [0.29, 0.717) is 12.6 Å². The molecule has 1 aliphatic rings. The molecule has 2 heterocycles. The van der Waals surface area contributed by atoms with Gasteiger partial charge in [0, 0.05) is 24.0 Å². The third-order valence-electron chi connectivity index (χ3n) is 6.68. The number of fused-ring (bicyclic) bond motifs is 3. The van der Waals surface area contributed by atoms with Crippen molar-refractivity contribution >= 4 is 21.6 Å². The lowest BCUT2D eigenvalue weighted by Gasteiger charge is -2.31. The van der Waals surface area contributed by atoms with Gasteiger partial charge in [-0.1, -0.05) is 42.5 Å². The van der Waals surface area contributed by atoms with Crippen LogP contribution in [0, 0.1) is 0 Å². The van der Waals surface area contributed by atoms with Gasteiger partial charge in [0.15, 0.2) is 0 Å². The Hall–Kier alpha value is -2.96. The Morgan fingerprint density at radius 1 is 1.15 bits per heavy atom. The first kappa shape index (κ1) is 21.9. The SMILES string of the molecule is COc1cccc(CCn2cnc3sc4c(c3c2=O)CC[C@H](N(C)Cc2ccccc2)C4)c1. The monoisotopic (exact) mass is 459 g/mol. The number of nitrogens with zero attached hydrogens (tertiary/aromatic N) is 3. The first-order chi connectivity index (χ1) is 16.1. The molecule has 5 rings (SSSR count). The molecule has 1 aliphatic carbocycles. The number of methoxy groups -OCH3 is 1. The van der Waals surface area contributed by atoms with E-state index in [1.165, 1.54) is 16.0 Å². The molecule has 0 saturated carbocycles. The highest BCUT2D eigenvalue weighted by molar-refractivity contribution is 7.18. The molecule has 0 aliphatic heterocycles. The summed E-state index contributed by atoms with van der Waals surface area (Å²) in [5.41, 5.74) is 3.81. The molecule has 5 nitrogen and oxygen atoms in total. The minimum Gasteiger partial charge on any atom is -0.497 e. The summed E-state index contributed by atoms with van der Waals surface area (Å²) in [6.07, 6.45) is 5.48. The fourth-order valence-corrected chi connectivity index (χ4v) is 6.05. The van der Waals surface area contributed by atoms with E-state index in [9.17, 15) is 4.79 Å². The summed E-state index contributed by atoms with van der Waals surface area (Å²) in [7, 11) is 3.88. The van der Waals surface area contributed by atoms with Crippen LogP contribution in [0.5, 0.6) is 5.75 Å². The lowest BCUT2D eigenvalue weighted by atomic mass is 9.92. The third kappa shape index (κ3) is 4.59. The number of thiophene rings is 1. The molecule has 0 fully saturated rings. The summed E-state index contributed by atoms with van der Waals surface area (Å²) in [6.45, 7) is 1.56. The highest BCUT2D eigenvalue weighted by Crippen LogP contribution is 2.35. The summed E-state index contributed by atoms with van der Waals surface area (Å²) >= 11 is 1.70. The van der Waals surface area contributed by atoms with Gasteiger partial charge in [-0.05, 0) is 61.6 Å². The normalized spacial score (nSPS) is 15.7. The van der Waals surface area contributed by atoms with Gasteiger partial charge < -0.3 is 4.74 Å². The highest BCUT2D eigenvalue weighted by atomic mass is 32.1. The number of aryl methyl sites for hydroxylation is 3. The van der Waals surface area contributed by atoms with Gasteiger partial charge in [0.2, 0.25) is 0 Å². The van der Waals surface area contributed by atoms with E-state index in [-0.39, 0.29) is 5.56 Å². The van der Waals surface area contributed by atoms with E-state index in [4.69, 9.17) is 4.74 Å². The second-order valence-corrected chi connectivity index (χ2v) is 9.91. The van der Waals surface area contributed by atoms with Crippen LogP contribution in [0.1, 0.15) is 28.0 Å². The first-order valence-corrected chi connectivity index (χ1v) is 12.3. The van der Waals surface area contributed by atoms with Crippen LogP contribution in [0.2, 0.25) is 0 Å². The van der Waals surface area contributed by atoms with Crippen LogP contribution in [0.15, 0.2) is 65.7 Å². The standard InChI is InChI=1S/C27H29N3O2S/c1-29(17-20-7-4-3-5-8-20)21-11-12-23-24(16-21)33-26-25(23)27(31)30(18-28-26)14-13-19-9-6-10-22(15-19)32-2/h3-10,15,18,21H,11-14,16-17H2,1-2H3/t21-/m0/s1. The fourth-order valence-electron chi connectivity index (χ4n) is 4.80. The summed E-state index contributed by atoms with van der Waals surface area (Å²) in [4.78, 5) is 22.7. The zero-order valence-corrected chi connectivity index (χ0v) is 20.0. The van der Waals surface area contributed by atoms with Crippen molar-refractivity contribution in [2.75, 3.05) is 14.2 Å². The minimum absolute atomic E-state index is 0.0940.